The summed E-state index contributed by atoms with van der Waals surface area (Å²) < 4.78 is 0. The Morgan fingerprint density at radius 3 is 1.56 bits per heavy atom. The van der Waals surface area contributed by atoms with Gasteiger partial charge in [-0.25, -0.2) is 4.79 Å². The maximum Gasteiger partial charge on any atom is 0.336 e. The number of carbonyl (C=O) groups is 1. The van der Waals surface area contributed by atoms with Crippen LogP contribution in [-0.2, 0) is 10.8 Å². The Labute approximate surface area is 115 Å². The van der Waals surface area contributed by atoms with Crippen LogP contribution < -0.4 is 0 Å². The van der Waals surface area contributed by atoms with Gasteiger partial charge in [-0.15, -0.1) is 12.6 Å². The minimum absolute atomic E-state index is 0.216. The van der Waals surface area contributed by atoms with Crippen molar-refractivity contribution >= 4 is 18.6 Å². The summed E-state index contributed by atoms with van der Waals surface area (Å²) >= 11 is 4.41. The number of hydrogen-bond donors (Lipinski definition) is 2. The van der Waals surface area contributed by atoms with E-state index in [9.17, 15) is 9.90 Å². The van der Waals surface area contributed by atoms with Crippen LogP contribution in [0.15, 0.2) is 17.0 Å². The Hall–Kier alpha value is -0.960. The Kier molecular flexibility index (Phi) is 3.87. The summed E-state index contributed by atoms with van der Waals surface area (Å²) in [6, 6.07) is 3.73. The molecule has 1 aromatic rings. The summed E-state index contributed by atoms with van der Waals surface area (Å²) in [5.74, 6) is -0.863. The highest BCUT2D eigenvalue weighted by Gasteiger charge is 2.29. The van der Waals surface area contributed by atoms with Crippen molar-refractivity contribution in [2.24, 2.45) is 0 Å². The molecule has 0 amide bonds. The molecule has 0 bridgehead atoms. The van der Waals surface area contributed by atoms with Crippen molar-refractivity contribution in [1.82, 2.24) is 0 Å². The molecule has 1 N–H and O–H groups in total. The maximum atomic E-state index is 11.6. The van der Waals surface area contributed by atoms with E-state index in [-0.39, 0.29) is 10.8 Å². The fourth-order valence-corrected chi connectivity index (χ4v) is 2.30. The van der Waals surface area contributed by atoms with Gasteiger partial charge in [0.2, 0.25) is 0 Å². The lowest BCUT2D eigenvalue weighted by molar-refractivity contribution is 0.0691. The van der Waals surface area contributed by atoms with Crippen LogP contribution in [0.1, 0.15) is 63.0 Å². The molecule has 0 saturated carbocycles. The first-order valence-corrected chi connectivity index (χ1v) is 6.50. The van der Waals surface area contributed by atoms with E-state index in [0.29, 0.717) is 5.56 Å². The first-order chi connectivity index (χ1) is 7.94. The van der Waals surface area contributed by atoms with Gasteiger partial charge in [-0.2, -0.15) is 0 Å². The minimum Gasteiger partial charge on any atom is -0.478 e. The molecule has 0 aliphatic rings. The molecular weight excluding hydrogens is 244 g/mol. The first kappa shape index (κ1) is 15.1. The molecule has 0 aromatic heterocycles. The van der Waals surface area contributed by atoms with E-state index in [1.165, 1.54) is 0 Å². The maximum absolute atomic E-state index is 11.6. The largest absolute Gasteiger partial charge is 0.478 e. The molecule has 0 unspecified atom stereocenters. The zero-order chi connectivity index (χ0) is 14.3. The fraction of sp³-hybridized carbons (Fsp3) is 0.533. The molecule has 0 heterocycles. The summed E-state index contributed by atoms with van der Waals surface area (Å²) in [6.07, 6.45) is 0. The van der Waals surface area contributed by atoms with Crippen LogP contribution in [0.5, 0.6) is 0 Å². The predicted octanol–water partition coefficient (Wildman–Crippen LogP) is 4.27. The van der Waals surface area contributed by atoms with Crippen molar-refractivity contribution < 1.29 is 9.90 Å². The number of benzene rings is 1. The van der Waals surface area contributed by atoms with Gasteiger partial charge in [-0.3, -0.25) is 0 Å². The number of thiol groups is 1. The van der Waals surface area contributed by atoms with Crippen molar-refractivity contribution in [3.05, 3.63) is 28.8 Å². The van der Waals surface area contributed by atoms with Gasteiger partial charge in [-0.05, 0) is 34.1 Å². The van der Waals surface area contributed by atoms with Crippen LogP contribution in [0.2, 0.25) is 0 Å². The smallest absolute Gasteiger partial charge is 0.336 e. The molecular formula is C15H22O2S. The summed E-state index contributed by atoms with van der Waals surface area (Å²) in [5, 5.41) is 9.54. The zero-order valence-corrected chi connectivity index (χ0v) is 12.9. The van der Waals surface area contributed by atoms with Gasteiger partial charge in [0.25, 0.3) is 0 Å². The molecule has 0 atom stereocenters. The van der Waals surface area contributed by atoms with Gasteiger partial charge in [-0.1, -0.05) is 41.5 Å². The molecule has 1 rings (SSSR count). The van der Waals surface area contributed by atoms with E-state index < -0.39 is 5.97 Å². The molecule has 0 radical (unpaired) electrons. The minimum atomic E-state index is -0.863. The third-order valence-electron chi connectivity index (χ3n) is 2.95. The molecule has 2 nitrogen and oxygen atoms in total. The van der Waals surface area contributed by atoms with Crippen molar-refractivity contribution in [2.75, 3.05) is 0 Å². The van der Waals surface area contributed by atoms with E-state index in [0.717, 1.165) is 16.0 Å². The average Bonchev–Trinajstić information content (AvgIpc) is 2.12. The van der Waals surface area contributed by atoms with Gasteiger partial charge in [0.1, 0.15) is 0 Å². The van der Waals surface area contributed by atoms with Crippen molar-refractivity contribution in [2.45, 2.75) is 57.3 Å². The van der Waals surface area contributed by atoms with Crippen LogP contribution in [-0.4, -0.2) is 11.1 Å². The Morgan fingerprint density at radius 2 is 1.33 bits per heavy atom. The third kappa shape index (κ3) is 3.08. The van der Waals surface area contributed by atoms with Crippen LogP contribution >= 0.6 is 12.6 Å². The highest BCUT2D eigenvalue weighted by molar-refractivity contribution is 7.80. The molecule has 0 saturated heterocycles. The molecule has 0 spiro atoms. The van der Waals surface area contributed by atoms with Crippen LogP contribution in [0.3, 0.4) is 0 Å². The monoisotopic (exact) mass is 266 g/mol. The number of carboxylic acid groups (broad SMARTS) is 1. The van der Waals surface area contributed by atoms with Gasteiger partial charge < -0.3 is 5.11 Å². The van der Waals surface area contributed by atoms with Crippen molar-refractivity contribution in [3.63, 3.8) is 0 Å². The van der Waals surface area contributed by atoms with Gasteiger partial charge in [0, 0.05) is 4.90 Å². The van der Waals surface area contributed by atoms with Gasteiger partial charge in [0.05, 0.1) is 5.56 Å². The molecule has 1 aromatic carbocycles. The second kappa shape index (κ2) is 4.61. The highest BCUT2D eigenvalue weighted by atomic mass is 32.1. The predicted molar refractivity (Wildman–Crippen MR) is 78.1 cm³/mol. The summed E-state index contributed by atoms with van der Waals surface area (Å²) in [7, 11) is 0. The van der Waals surface area contributed by atoms with Crippen LogP contribution in [0.4, 0.5) is 0 Å². The second-order valence-electron chi connectivity index (χ2n) is 6.72. The zero-order valence-electron chi connectivity index (χ0n) is 12.0. The standard InChI is InChI=1S/C15H22O2S/c1-14(2,3)10-7-9(18)8-11(15(4,5)6)12(10)13(16)17/h7-8,18H,1-6H3,(H,16,17). The normalized spacial score (nSPS) is 12.6. The van der Waals surface area contributed by atoms with E-state index in [4.69, 9.17) is 0 Å². The topological polar surface area (TPSA) is 37.3 Å². The molecule has 3 heteroatoms. The van der Waals surface area contributed by atoms with Crippen molar-refractivity contribution in [1.29, 1.82) is 0 Å². The number of carboxylic acids is 1. The highest BCUT2D eigenvalue weighted by Crippen LogP contribution is 2.36. The van der Waals surface area contributed by atoms with E-state index in [1.54, 1.807) is 0 Å². The number of aromatic carboxylic acids is 1. The summed E-state index contributed by atoms with van der Waals surface area (Å²) in [5.41, 5.74) is 1.67. The van der Waals surface area contributed by atoms with Crippen LogP contribution in [0, 0.1) is 0 Å². The molecule has 0 aliphatic heterocycles. The van der Waals surface area contributed by atoms with Gasteiger partial charge in [0.15, 0.2) is 0 Å². The summed E-state index contributed by atoms with van der Waals surface area (Å²) in [4.78, 5) is 12.4. The van der Waals surface area contributed by atoms with Crippen LogP contribution in [0.25, 0.3) is 0 Å². The van der Waals surface area contributed by atoms with E-state index in [1.807, 2.05) is 53.7 Å². The molecule has 0 fully saturated rings. The molecule has 18 heavy (non-hydrogen) atoms. The lowest BCUT2D eigenvalue weighted by Crippen LogP contribution is -2.23. The number of hydrogen-bond acceptors (Lipinski definition) is 2. The Balaban J connectivity index is 3.74. The fourth-order valence-electron chi connectivity index (χ4n) is 2.04. The average molecular weight is 266 g/mol. The lowest BCUT2D eigenvalue weighted by Gasteiger charge is -2.28. The lowest BCUT2D eigenvalue weighted by atomic mass is 9.76. The Morgan fingerprint density at radius 1 is 1.00 bits per heavy atom. The van der Waals surface area contributed by atoms with E-state index in [2.05, 4.69) is 12.6 Å². The Bertz CT molecular complexity index is 441. The molecule has 100 valence electrons. The van der Waals surface area contributed by atoms with E-state index >= 15 is 0 Å². The third-order valence-corrected chi connectivity index (χ3v) is 3.21. The molecule has 0 aliphatic carbocycles. The van der Waals surface area contributed by atoms with Crippen molar-refractivity contribution in [3.8, 4) is 0 Å². The van der Waals surface area contributed by atoms with Gasteiger partial charge >= 0.3 is 5.97 Å². The second-order valence-corrected chi connectivity index (χ2v) is 7.24. The number of rotatable bonds is 1. The SMILES string of the molecule is CC(C)(C)c1cc(S)cc(C(C)(C)C)c1C(=O)O. The first-order valence-electron chi connectivity index (χ1n) is 6.06. The quantitative estimate of drug-likeness (QED) is 0.745. The summed E-state index contributed by atoms with van der Waals surface area (Å²) in [6.45, 7) is 12.1.